The lowest BCUT2D eigenvalue weighted by atomic mass is 10.0. The summed E-state index contributed by atoms with van der Waals surface area (Å²) in [5.74, 6) is 0.559. The van der Waals surface area contributed by atoms with Crippen LogP contribution in [0.1, 0.15) is 31.4 Å². The van der Waals surface area contributed by atoms with E-state index in [9.17, 15) is 14.7 Å². The third-order valence-electron chi connectivity index (χ3n) is 7.75. The number of hydrogen-bond donors (Lipinski definition) is 2. The van der Waals surface area contributed by atoms with Crippen molar-refractivity contribution in [2.45, 2.75) is 45.4 Å². The summed E-state index contributed by atoms with van der Waals surface area (Å²) in [6, 6.07) is 15.6. The maximum absolute atomic E-state index is 13.5. The van der Waals surface area contributed by atoms with Crippen molar-refractivity contribution < 1.29 is 24.2 Å². The summed E-state index contributed by atoms with van der Waals surface area (Å²) in [7, 11) is 2.07. The highest BCUT2D eigenvalue weighted by Crippen LogP contribution is 2.29. The molecule has 0 saturated carbocycles. The topological polar surface area (TPSA) is 94.6 Å². The monoisotopic (exact) mass is 552 g/mol. The van der Waals surface area contributed by atoms with Crippen LogP contribution in [-0.2, 0) is 27.3 Å². The summed E-state index contributed by atoms with van der Waals surface area (Å²) >= 11 is 0. The van der Waals surface area contributed by atoms with Crippen LogP contribution < -0.4 is 10.1 Å². The molecule has 0 bridgehead atoms. The second-order valence-corrected chi connectivity index (χ2v) is 11.1. The number of aliphatic hydroxyl groups excluding tert-OH is 1. The molecule has 0 spiro atoms. The summed E-state index contributed by atoms with van der Waals surface area (Å²) in [5, 5.41) is 12.9. The third kappa shape index (κ3) is 8.51. The fourth-order valence-electron chi connectivity index (χ4n) is 5.30. The lowest BCUT2D eigenvalue weighted by Gasteiger charge is -2.34. The molecule has 9 nitrogen and oxygen atoms in total. The molecule has 40 heavy (non-hydrogen) atoms. The predicted molar refractivity (Wildman–Crippen MR) is 155 cm³/mol. The van der Waals surface area contributed by atoms with Gasteiger partial charge in [0.2, 0.25) is 11.8 Å². The fraction of sp³-hybridized carbons (Fsp3) is 0.548. The van der Waals surface area contributed by atoms with Gasteiger partial charge in [0.15, 0.2) is 0 Å². The Labute approximate surface area is 238 Å². The number of likely N-dealkylation sites (N-methyl/N-ethyl adjacent to an activating group) is 1. The van der Waals surface area contributed by atoms with Gasteiger partial charge in [-0.3, -0.25) is 19.4 Å². The summed E-state index contributed by atoms with van der Waals surface area (Å²) < 4.78 is 12.0. The van der Waals surface area contributed by atoms with E-state index in [0.29, 0.717) is 50.7 Å². The van der Waals surface area contributed by atoms with Crippen LogP contribution in [0.4, 0.5) is 5.69 Å². The number of fused-ring (bicyclic) bond motifs is 1. The molecule has 2 N–H and O–H groups in total. The molecular formula is C31H44N4O5. The lowest BCUT2D eigenvalue weighted by molar-refractivity contribution is -0.134. The van der Waals surface area contributed by atoms with E-state index in [1.165, 1.54) is 5.56 Å². The number of aliphatic hydroxyl groups is 1. The van der Waals surface area contributed by atoms with Crippen LogP contribution in [-0.4, -0.2) is 103 Å². The molecule has 0 aromatic heterocycles. The Balaban J connectivity index is 1.50. The first-order valence-corrected chi connectivity index (χ1v) is 14.3. The molecule has 1 fully saturated rings. The van der Waals surface area contributed by atoms with E-state index in [0.717, 1.165) is 25.2 Å². The lowest BCUT2D eigenvalue weighted by Crippen LogP contribution is -2.47. The van der Waals surface area contributed by atoms with Crippen LogP contribution >= 0.6 is 0 Å². The van der Waals surface area contributed by atoms with Crippen molar-refractivity contribution in [2.24, 2.45) is 5.92 Å². The summed E-state index contributed by atoms with van der Waals surface area (Å²) in [6.07, 6.45) is 0.346. The van der Waals surface area contributed by atoms with Gasteiger partial charge in [0.25, 0.3) is 0 Å². The van der Waals surface area contributed by atoms with Crippen molar-refractivity contribution in [1.29, 1.82) is 0 Å². The quantitative estimate of drug-likeness (QED) is 0.468. The molecule has 3 atom stereocenters. The number of carbonyl (C=O) groups is 2. The number of carbonyl (C=O) groups excluding carboxylic acids is 2. The minimum Gasteiger partial charge on any atom is -0.488 e. The van der Waals surface area contributed by atoms with Gasteiger partial charge in [0, 0.05) is 62.9 Å². The fourth-order valence-corrected chi connectivity index (χ4v) is 5.30. The highest BCUT2D eigenvalue weighted by molar-refractivity contribution is 5.91. The third-order valence-corrected chi connectivity index (χ3v) is 7.75. The van der Waals surface area contributed by atoms with Crippen molar-refractivity contribution in [2.75, 3.05) is 64.9 Å². The molecule has 2 aliphatic rings. The summed E-state index contributed by atoms with van der Waals surface area (Å²) in [5.41, 5.74) is 2.60. The number of rotatable bonds is 10. The van der Waals surface area contributed by atoms with Crippen molar-refractivity contribution in [1.82, 2.24) is 14.7 Å². The van der Waals surface area contributed by atoms with E-state index < -0.39 is 0 Å². The van der Waals surface area contributed by atoms with Crippen LogP contribution in [0, 0.1) is 5.92 Å². The normalized spacial score (nSPS) is 21.1. The number of benzene rings is 2. The van der Waals surface area contributed by atoms with Crippen molar-refractivity contribution >= 4 is 17.5 Å². The van der Waals surface area contributed by atoms with Gasteiger partial charge in [-0.1, -0.05) is 37.3 Å². The first-order chi connectivity index (χ1) is 19.3. The minimum atomic E-state index is -0.303. The van der Waals surface area contributed by atoms with Gasteiger partial charge < -0.3 is 24.8 Å². The van der Waals surface area contributed by atoms with Gasteiger partial charge in [0.05, 0.1) is 32.3 Å². The van der Waals surface area contributed by atoms with E-state index in [2.05, 4.69) is 41.2 Å². The number of nitrogens with zero attached hydrogens (tertiary/aromatic N) is 3. The second-order valence-electron chi connectivity index (χ2n) is 11.1. The molecular weight excluding hydrogens is 508 g/mol. The van der Waals surface area contributed by atoms with E-state index in [1.54, 1.807) is 4.90 Å². The molecule has 0 radical (unpaired) electrons. The molecule has 0 aliphatic carbocycles. The van der Waals surface area contributed by atoms with Crippen LogP contribution in [0.15, 0.2) is 48.5 Å². The summed E-state index contributed by atoms with van der Waals surface area (Å²) in [4.78, 5) is 32.4. The zero-order valence-electron chi connectivity index (χ0n) is 24.1. The second kappa shape index (κ2) is 14.6. The van der Waals surface area contributed by atoms with Crippen LogP contribution in [0.3, 0.4) is 0 Å². The number of ether oxygens (including phenoxy) is 2. The Morgan fingerprint density at radius 3 is 2.65 bits per heavy atom. The summed E-state index contributed by atoms with van der Waals surface area (Å²) in [6.45, 7) is 9.58. The first-order valence-electron chi connectivity index (χ1n) is 14.3. The average Bonchev–Trinajstić information content (AvgIpc) is 3.00. The molecule has 2 amide bonds. The SMILES string of the molecule is C[C@@H]1CN([C@@H](C)CO)C(=O)Cc2cc(NC(=O)CCN3CCOCC3)ccc2O[C@@H]1CN(C)Cc1ccccc1. The average molecular weight is 553 g/mol. The van der Waals surface area contributed by atoms with E-state index in [1.807, 2.05) is 43.3 Å². The highest BCUT2D eigenvalue weighted by Gasteiger charge is 2.31. The zero-order valence-corrected chi connectivity index (χ0v) is 24.1. The molecule has 2 aromatic carbocycles. The van der Waals surface area contributed by atoms with E-state index >= 15 is 0 Å². The maximum atomic E-state index is 13.5. The molecule has 4 rings (SSSR count). The Morgan fingerprint density at radius 1 is 1.18 bits per heavy atom. The molecule has 1 saturated heterocycles. The van der Waals surface area contributed by atoms with Crippen molar-refractivity contribution in [3.8, 4) is 5.75 Å². The number of amides is 2. The number of hydrogen-bond acceptors (Lipinski definition) is 7. The molecule has 9 heteroatoms. The van der Waals surface area contributed by atoms with Gasteiger partial charge in [0.1, 0.15) is 11.9 Å². The molecule has 218 valence electrons. The van der Waals surface area contributed by atoms with Crippen LogP contribution in [0.5, 0.6) is 5.75 Å². The number of nitrogens with one attached hydrogen (secondary N) is 1. The number of anilines is 1. The van der Waals surface area contributed by atoms with Gasteiger partial charge in [-0.05, 0) is 37.7 Å². The predicted octanol–water partition coefficient (Wildman–Crippen LogP) is 2.63. The molecule has 2 aromatic rings. The molecule has 2 heterocycles. The Hall–Kier alpha value is -2.98. The first kappa shape index (κ1) is 30.0. The Kier molecular flexibility index (Phi) is 10.9. The number of morpholine rings is 1. The largest absolute Gasteiger partial charge is 0.488 e. The Morgan fingerprint density at radius 2 is 1.93 bits per heavy atom. The van der Waals surface area contributed by atoms with E-state index in [-0.39, 0.29) is 42.9 Å². The van der Waals surface area contributed by atoms with Crippen LogP contribution in [0.25, 0.3) is 0 Å². The standard InChI is InChI=1S/C31H44N4O5/c1-23-19-35(24(2)22-36)31(38)18-26-17-27(32-30(37)11-12-34-13-15-39-16-14-34)9-10-28(26)40-29(23)21-33(3)20-25-7-5-4-6-8-25/h4-10,17,23-24,29,36H,11-16,18-22H2,1-3H3,(H,32,37)/t23-,24+,29-/m1/s1. The Bertz CT molecular complexity index is 1110. The smallest absolute Gasteiger partial charge is 0.227 e. The maximum Gasteiger partial charge on any atom is 0.227 e. The van der Waals surface area contributed by atoms with Gasteiger partial charge in [-0.2, -0.15) is 0 Å². The van der Waals surface area contributed by atoms with Gasteiger partial charge in [-0.25, -0.2) is 0 Å². The minimum absolute atomic E-state index is 0.0293. The van der Waals surface area contributed by atoms with Crippen molar-refractivity contribution in [3.05, 3.63) is 59.7 Å². The zero-order chi connectivity index (χ0) is 28.5. The molecule has 0 unspecified atom stereocenters. The van der Waals surface area contributed by atoms with Crippen molar-refractivity contribution in [3.63, 3.8) is 0 Å². The van der Waals surface area contributed by atoms with E-state index in [4.69, 9.17) is 9.47 Å². The highest BCUT2D eigenvalue weighted by atomic mass is 16.5. The molecule has 2 aliphatic heterocycles. The van der Waals surface area contributed by atoms with Gasteiger partial charge in [-0.15, -0.1) is 0 Å². The van der Waals surface area contributed by atoms with Crippen LogP contribution in [0.2, 0.25) is 0 Å². The van der Waals surface area contributed by atoms with Gasteiger partial charge >= 0.3 is 0 Å².